The number of hydrogen-bond donors (Lipinski definition) is 7. The Labute approximate surface area is 204 Å². The minimum absolute atomic E-state index is 0.0517. The van der Waals surface area contributed by atoms with E-state index in [1.54, 1.807) is 13.8 Å². The van der Waals surface area contributed by atoms with E-state index in [-0.39, 0.29) is 37.7 Å². The number of primary amides is 1. The van der Waals surface area contributed by atoms with Gasteiger partial charge in [-0.15, -0.1) is 0 Å². The number of guanidine groups is 1. The molecule has 0 saturated carbocycles. The van der Waals surface area contributed by atoms with Gasteiger partial charge >= 0.3 is 5.97 Å². The van der Waals surface area contributed by atoms with E-state index in [1.807, 2.05) is 0 Å². The Morgan fingerprint density at radius 1 is 1.09 bits per heavy atom. The van der Waals surface area contributed by atoms with Crippen molar-refractivity contribution >= 4 is 35.6 Å². The second kappa shape index (κ2) is 14.1. The molecular weight excluding hydrogens is 460 g/mol. The van der Waals surface area contributed by atoms with E-state index in [9.17, 15) is 29.1 Å². The standard InChI is InChI=1S/C21H38N8O6/c1-11(2)16(18(32)27-13(20(34)35)5-3-9-26-21(24)25)28-17(31)14-6-4-10-29(14)19(33)12(22)7-8-15(23)30/h11-14,16H,3-10,22H2,1-2H3,(H2,23,30)(H,27,32)(H,28,31)(H,34,35)(H4,24,25,26). The molecule has 1 heterocycles. The molecule has 0 aromatic rings. The van der Waals surface area contributed by atoms with Gasteiger partial charge in [0.25, 0.3) is 0 Å². The van der Waals surface area contributed by atoms with Gasteiger partial charge in [0, 0.05) is 19.5 Å². The van der Waals surface area contributed by atoms with Crippen molar-refractivity contribution in [3.8, 4) is 0 Å². The number of nitrogens with one attached hydrogen (secondary N) is 2. The number of nitrogens with two attached hydrogens (primary N) is 4. The molecule has 14 nitrogen and oxygen atoms in total. The van der Waals surface area contributed by atoms with Crippen LogP contribution in [0.2, 0.25) is 0 Å². The van der Waals surface area contributed by atoms with Crippen molar-refractivity contribution in [3.05, 3.63) is 0 Å². The van der Waals surface area contributed by atoms with Gasteiger partial charge in [-0.2, -0.15) is 0 Å². The Kier molecular flexibility index (Phi) is 11.9. The topological polar surface area (TPSA) is 249 Å². The number of carboxylic acid groups (broad SMARTS) is 1. The van der Waals surface area contributed by atoms with Crippen LogP contribution in [0.4, 0.5) is 0 Å². The van der Waals surface area contributed by atoms with Crippen LogP contribution in [0.5, 0.6) is 0 Å². The van der Waals surface area contributed by atoms with E-state index in [1.165, 1.54) is 4.90 Å². The maximum atomic E-state index is 13.0. The van der Waals surface area contributed by atoms with E-state index in [0.29, 0.717) is 25.8 Å². The molecule has 0 spiro atoms. The molecule has 1 fully saturated rings. The number of carbonyl (C=O) groups is 5. The summed E-state index contributed by atoms with van der Waals surface area (Å²) >= 11 is 0. The van der Waals surface area contributed by atoms with Crippen molar-refractivity contribution in [3.63, 3.8) is 0 Å². The number of nitrogens with zero attached hydrogens (tertiary/aromatic N) is 2. The maximum Gasteiger partial charge on any atom is 0.326 e. The Hall–Kier alpha value is -3.42. The van der Waals surface area contributed by atoms with Gasteiger partial charge in [-0.05, 0) is 38.0 Å². The van der Waals surface area contributed by atoms with Crippen LogP contribution in [0.1, 0.15) is 52.4 Å². The second-order valence-corrected chi connectivity index (χ2v) is 8.88. The van der Waals surface area contributed by atoms with Gasteiger partial charge in [-0.1, -0.05) is 13.8 Å². The lowest BCUT2D eigenvalue weighted by Crippen LogP contribution is -2.58. The number of hydrogen-bond acceptors (Lipinski definition) is 7. The average molecular weight is 499 g/mol. The van der Waals surface area contributed by atoms with E-state index in [4.69, 9.17) is 22.9 Å². The SMILES string of the molecule is CC(C)C(NC(=O)C1CCCN1C(=O)C(N)CCC(N)=O)C(=O)NC(CCCN=C(N)N)C(=O)O. The second-order valence-electron chi connectivity index (χ2n) is 8.88. The number of aliphatic carboxylic acids is 1. The zero-order valence-electron chi connectivity index (χ0n) is 20.2. The normalized spacial score (nSPS) is 17.8. The van der Waals surface area contributed by atoms with Crippen LogP contribution in [0.15, 0.2) is 4.99 Å². The van der Waals surface area contributed by atoms with Crippen molar-refractivity contribution in [2.24, 2.45) is 33.8 Å². The van der Waals surface area contributed by atoms with Gasteiger partial charge in [0.1, 0.15) is 18.1 Å². The fraction of sp³-hybridized carbons (Fsp3) is 0.714. The first-order chi connectivity index (χ1) is 16.3. The molecule has 4 unspecified atom stereocenters. The fourth-order valence-electron chi connectivity index (χ4n) is 3.74. The quantitative estimate of drug-likeness (QED) is 0.0748. The monoisotopic (exact) mass is 498 g/mol. The number of likely N-dealkylation sites (tertiary alicyclic amines) is 1. The lowest BCUT2D eigenvalue weighted by molar-refractivity contribution is -0.143. The lowest BCUT2D eigenvalue weighted by atomic mass is 10.0. The molecule has 4 atom stereocenters. The molecule has 11 N–H and O–H groups in total. The average Bonchev–Trinajstić information content (AvgIpc) is 3.26. The number of aliphatic imine (C=N–C) groups is 1. The predicted octanol–water partition coefficient (Wildman–Crippen LogP) is -2.67. The molecule has 0 aliphatic carbocycles. The van der Waals surface area contributed by atoms with E-state index in [0.717, 1.165) is 0 Å². The summed E-state index contributed by atoms with van der Waals surface area (Å²) in [6.45, 7) is 3.93. The summed E-state index contributed by atoms with van der Waals surface area (Å²) in [4.78, 5) is 66.3. The van der Waals surface area contributed by atoms with E-state index in [2.05, 4.69) is 15.6 Å². The third-order valence-corrected chi connectivity index (χ3v) is 5.66. The summed E-state index contributed by atoms with van der Waals surface area (Å²) in [6, 6.07) is -4.02. The Morgan fingerprint density at radius 3 is 2.29 bits per heavy atom. The zero-order valence-corrected chi connectivity index (χ0v) is 20.2. The highest BCUT2D eigenvalue weighted by Gasteiger charge is 2.38. The summed E-state index contributed by atoms with van der Waals surface area (Å²) in [7, 11) is 0. The van der Waals surface area contributed by atoms with Crippen LogP contribution < -0.4 is 33.6 Å². The van der Waals surface area contributed by atoms with Gasteiger partial charge in [0.2, 0.25) is 23.6 Å². The summed E-state index contributed by atoms with van der Waals surface area (Å²) in [5, 5.41) is 14.6. The molecule has 14 heteroatoms. The minimum atomic E-state index is -1.23. The smallest absolute Gasteiger partial charge is 0.326 e. The highest BCUT2D eigenvalue weighted by molar-refractivity contribution is 5.94. The summed E-state index contributed by atoms with van der Waals surface area (Å²) in [5.74, 6) is -3.94. The van der Waals surface area contributed by atoms with Gasteiger partial charge in [-0.25, -0.2) is 4.79 Å². The molecule has 1 aliphatic rings. The lowest BCUT2D eigenvalue weighted by Gasteiger charge is -2.29. The molecule has 0 aromatic carbocycles. The molecule has 1 rings (SSSR count). The van der Waals surface area contributed by atoms with Crippen molar-refractivity contribution in [1.29, 1.82) is 0 Å². The Morgan fingerprint density at radius 2 is 1.74 bits per heavy atom. The Balaban J connectivity index is 2.81. The molecule has 0 aromatic heterocycles. The Bertz CT molecular complexity index is 814. The molecule has 1 saturated heterocycles. The van der Waals surface area contributed by atoms with Crippen LogP contribution in [0.25, 0.3) is 0 Å². The van der Waals surface area contributed by atoms with Crippen LogP contribution in [0, 0.1) is 5.92 Å². The highest BCUT2D eigenvalue weighted by atomic mass is 16.4. The summed E-state index contributed by atoms with van der Waals surface area (Å²) < 4.78 is 0. The van der Waals surface area contributed by atoms with Crippen LogP contribution in [-0.4, -0.2) is 82.8 Å². The zero-order chi connectivity index (χ0) is 26.7. The number of carbonyl (C=O) groups excluding carboxylic acids is 4. The third-order valence-electron chi connectivity index (χ3n) is 5.66. The van der Waals surface area contributed by atoms with Gasteiger partial charge in [0.05, 0.1) is 6.04 Å². The largest absolute Gasteiger partial charge is 0.480 e. The van der Waals surface area contributed by atoms with Crippen LogP contribution >= 0.6 is 0 Å². The van der Waals surface area contributed by atoms with Crippen LogP contribution in [0.3, 0.4) is 0 Å². The van der Waals surface area contributed by atoms with E-state index < -0.39 is 53.8 Å². The molecule has 0 radical (unpaired) electrons. The molecule has 35 heavy (non-hydrogen) atoms. The van der Waals surface area contributed by atoms with Crippen LogP contribution in [-0.2, 0) is 24.0 Å². The van der Waals surface area contributed by atoms with Crippen molar-refractivity contribution in [2.45, 2.75) is 76.5 Å². The summed E-state index contributed by atoms with van der Waals surface area (Å²) in [5.41, 5.74) is 21.5. The molecule has 198 valence electrons. The fourth-order valence-corrected chi connectivity index (χ4v) is 3.74. The van der Waals surface area contributed by atoms with Gasteiger partial charge in [-0.3, -0.25) is 24.2 Å². The van der Waals surface area contributed by atoms with Crippen molar-refractivity contribution < 1.29 is 29.1 Å². The minimum Gasteiger partial charge on any atom is -0.480 e. The first-order valence-corrected chi connectivity index (χ1v) is 11.6. The number of carboxylic acids is 1. The first kappa shape index (κ1) is 29.6. The highest BCUT2D eigenvalue weighted by Crippen LogP contribution is 2.20. The molecule has 0 bridgehead atoms. The third kappa shape index (κ3) is 9.76. The van der Waals surface area contributed by atoms with Crippen molar-refractivity contribution in [2.75, 3.05) is 13.1 Å². The molecule has 1 aliphatic heterocycles. The first-order valence-electron chi connectivity index (χ1n) is 11.6. The van der Waals surface area contributed by atoms with Gasteiger partial charge in [0.15, 0.2) is 5.96 Å². The van der Waals surface area contributed by atoms with Crippen molar-refractivity contribution in [1.82, 2.24) is 15.5 Å². The summed E-state index contributed by atoms with van der Waals surface area (Å²) in [6.07, 6.45) is 1.38. The maximum absolute atomic E-state index is 13.0. The van der Waals surface area contributed by atoms with Gasteiger partial charge < -0.3 is 43.6 Å². The molecule has 4 amide bonds. The van der Waals surface area contributed by atoms with E-state index >= 15 is 0 Å². The number of rotatable bonds is 14. The predicted molar refractivity (Wildman–Crippen MR) is 127 cm³/mol. The molecular formula is C21H38N8O6. The number of amides is 4.